The number of imidazole rings is 1. The van der Waals surface area contributed by atoms with Gasteiger partial charge in [-0.25, -0.2) is 4.98 Å². The maximum Gasteiger partial charge on any atom is 0.169 e. The van der Waals surface area contributed by atoms with Gasteiger partial charge in [0.05, 0.1) is 12.8 Å². The average molecular weight is 373 g/mol. The molecule has 4 nitrogen and oxygen atoms in total. The number of aryl methyl sites for hydroxylation is 1. The van der Waals surface area contributed by atoms with Crippen LogP contribution in [0.1, 0.15) is 72.4 Å². The van der Waals surface area contributed by atoms with Gasteiger partial charge in [-0.15, -0.1) is 0 Å². The first kappa shape index (κ1) is 19.0. The number of hydrogen-bond acceptors (Lipinski definition) is 4. The molecule has 1 heterocycles. The molecule has 5 heteroatoms. The summed E-state index contributed by atoms with van der Waals surface area (Å²) in [5.41, 5.74) is 4.16. The summed E-state index contributed by atoms with van der Waals surface area (Å²) in [6.07, 6.45) is 6.45. The number of benzene rings is 1. The molecule has 140 valence electrons. The fourth-order valence-corrected chi connectivity index (χ4v) is 4.86. The van der Waals surface area contributed by atoms with Gasteiger partial charge in [0.2, 0.25) is 0 Å². The molecule has 1 fully saturated rings. The quantitative estimate of drug-likeness (QED) is 0.495. The van der Waals surface area contributed by atoms with E-state index in [-0.39, 0.29) is 5.78 Å². The number of ketones is 1. The molecule has 1 aliphatic carbocycles. The Morgan fingerprint density at radius 1 is 1.27 bits per heavy atom. The summed E-state index contributed by atoms with van der Waals surface area (Å²) < 4.78 is 7.94. The number of carbonyl (C=O) groups is 1. The van der Waals surface area contributed by atoms with Gasteiger partial charge in [-0.1, -0.05) is 31.0 Å². The van der Waals surface area contributed by atoms with Crippen LogP contribution in [-0.2, 0) is 5.75 Å². The summed E-state index contributed by atoms with van der Waals surface area (Å²) in [5, 5.41) is 1.09. The molecule has 0 radical (unpaired) electrons. The van der Waals surface area contributed by atoms with E-state index < -0.39 is 0 Å². The molecule has 0 atom stereocenters. The Morgan fingerprint density at radius 2 is 2.00 bits per heavy atom. The van der Waals surface area contributed by atoms with Crippen molar-refractivity contribution < 1.29 is 9.53 Å². The molecule has 0 N–H and O–H groups in total. The van der Waals surface area contributed by atoms with E-state index in [1.54, 1.807) is 25.8 Å². The third-order valence-electron chi connectivity index (χ3n) is 5.34. The first-order valence-electron chi connectivity index (χ1n) is 9.37. The van der Waals surface area contributed by atoms with Crippen molar-refractivity contribution in [3.05, 3.63) is 40.7 Å². The van der Waals surface area contributed by atoms with Crippen molar-refractivity contribution in [3.8, 4) is 5.75 Å². The number of thioether (sulfide) groups is 1. The van der Waals surface area contributed by atoms with E-state index in [4.69, 9.17) is 9.72 Å². The third-order valence-corrected chi connectivity index (χ3v) is 6.34. The van der Waals surface area contributed by atoms with Gasteiger partial charge in [-0.05, 0) is 51.8 Å². The average Bonchev–Trinajstić information content (AvgIpc) is 2.94. The van der Waals surface area contributed by atoms with Crippen LogP contribution in [0.15, 0.2) is 23.4 Å². The predicted molar refractivity (Wildman–Crippen MR) is 106 cm³/mol. The van der Waals surface area contributed by atoms with E-state index in [1.165, 1.54) is 37.8 Å². The van der Waals surface area contributed by atoms with Gasteiger partial charge < -0.3 is 9.30 Å². The standard InChI is InChI=1S/C21H28N2O2S/c1-14-15(2)23(19-8-6-5-7-9-19)21(22-14)26-13-18-12-17(16(3)24)10-11-20(18)25-4/h10-12,19H,5-9,13H2,1-4H3. The molecule has 0 saturated heterocycles. The molecule has 0 bridgehead atoms. The number of aromatic nitrogens is 2. The van der Waals surface area contributed by atoms with Gasteiger partial charge >= 0.3 is 0 Å². The van der Waals surface area contributed by atoms with Crippen LogP contribution < -0.4 is 4.74 Å². The second kappa shape index (κ2) is 8.30. The fourth-order valence-electron chi connectivity index (χ4n) is 3.72. The lowest BCUT2D eigenvalue weighted by atomic mass is 9.95. The maximum atomic E-state index is 11.7. The number of rotatable bonds is 6. The molecule has 1 saturated carbocycles. The molecule has 3 rings (SSSR count). The third kappa shape index (κ3) is 3.98. The molecule has 0 aliphatic heterocycles. The Bertz CT molecular complexity index is 792. The van der Waals surface area contributed by atoms with Gasteiger partial charge in [0.25, 0.3) is 0 Å². The molecule has 1 aromatic heterocycles. The minimum absolute atomic E-state index is 0.0781. The number of methoxy groups -OCH3 is 1. The Morgan fingerprint density at radius 3 is 2.65 bits per heavy atom. The Labute approximate surface area is 160 Å². The molecule has 2 aromatic rings. The van der Waals surface area contributed by atoms with E-state index in [0.29, 0.717) is 6.04 Å². The van der Waals surface area contributed by atoms with Crippen LogP contribution in [0.2, 0.25) is 0 Å². The summed E-state index contributed by atoms with van der Waals surface area (Å²) in [6.45, 7) is 5.87. The van der Waals surface area contributed by atoms with Gasteiger partial charge in [0.15, 0.2) is 10.9 Å². The fraction of sp³-hybridized carbons (Fsp3) is 0.524. The molecule has 26 heavy (non-hydrogen) atoms. The van der Waals surface area contributed by atoms with Gasteiger partial charge in [0, 0.05) is 28.6 Å². The van der Waals surface area contributed by atoms with Crippen LogP contribution in [0.4, 0.5) is 0 Å². The van der Waals surface area contributed by atoms with E-state index >= 15 is 0 Å². The number of Topliss-reactive ketones (excluding diaryl/α,β-unsaturated/α-hetero) is 1. The van der Waals surface area contributed by atoms with Gasteiger partial charge in [0.1, 0.15) is 5.75 Å². The lowest BCUT2D eigenvalue weighted by molar-refractivity contribution is 0.101. The highest BCUT2D eigenvalue weighted by Crippen LogP contribution is 2.36. The molecule has 1 aromatic carbocycles. The highest BCUT2D eigenvalue weighted by Gasteiger charge is 2.22. The summed E-state index contributed by atoms with van der Waals surface area (Å²) in [6, 6.07) is 6.23. The van der Waals surface area contributed by atoms with E-state index in [2.05, 4.69) is 18.4 Å². The summed E-state index contributed by atoms with van der Waals surface area (Å²) >= 11 is 1.74. The second-order valence-electron chi connectivity index (χ2n) is 7.10. The van der Waals surface area contributed by atoms with Gasteiger partial charge in [-0.3, -0.25) is 4.79 Å². The molecule has 0 spiro atoms. The Hall–Kier alpha value is -1.75. The van der Waals surface area contributed by atoms with Crippen molar-refractivity contribution in [1.82, 2.24) is 9.55 Å². The smallest absolute Gasteiger partial charge is 0.169 e. The lowest BCUT2D eigenvalue weighted by Crippen LogP contribution is -2.15. The number of hydrogen-bond donors (Lipinski definition) is 0. The van der Waals surface area contributed by atoms with Crippen molar-refractivity contribution in [2.75, 3.05) is 7.11 Å². The highest BCUT2D eigenvalue weighted by atomic mass is 32.2. The molecule has 1 aliphatic rings. The van der Waals surface area contributed by atoms with Crippen molar-refractivity contribution in [2.45, 2.75) is 69.8 Å². The van der Waals surface area contributed by atoms with Crippen LogP contribution in [0.25, 0.3) is 0 Å². The maximum absolute atomic E-state index is 11.7. The molecule has 0 unspecified atom stereocenters. The SMILES string of the molecule is COc1ccc(C(C)=O)cc1CSc1nc(C)c(C)n1C1CCCCC1. The van der Waals surface area contributed by atoms with Crippen LogP contribution in [0, 0.1) is 13.8 Å². The monoisotopic (exact) mass is 372 g/mol. The minimum atomic E-state index is 0.0781. The molecular formula is C21H28N2O2S. The summed E-state index contributed by atoms with van der Waals surface area (Å²) in [7, 11) is 1.67. The van der Waals surface area contributed by atoms with Crippen LogP contribution in [-0.4, -0.2) is 22.4 Å². The number of ether oxygens (including phenoxy) is 1. The van der Waals surface area contributed by atoms with Crippen LogP contribution >= 0.6 is 11.8 Å². The molecular weight excluding hydrogens is 344 g/mol. The Kier molecular flexibility index (Phi) is 6.07. The van der Waals surface area contributed by atoms with Crippen molar-refractivity contribution in [1.29, 1.82) is 0 Å². The van der Waals surface area contributed by atoms with Crippen LogP contribution in [0.3, 0.4) is 0 Å². The van der Waals surface area contributed by atoms with Crippen LogP contribution in [0.5, 0.6) is 5.75 Å². The number of nitrogens with zero attached hydrogens (tertiary/aromatic N) is 2. The number of carbonyl (C=O) groups excluding carboxylic acids is 1. The van der Waals surface area contributed by atoms with E-state index in [0.717, 1.165) is 33.5 Å². The predicted octanol–water partition coefficient (Wildman–Crippen LogP) is 5.51. The van der Waals surface area contributed by atoms with Gasteiger partial charge in [-0.2, -0.15) is 0 Å². The zero-order chi connectivity index (χ0) is 18.7. The zero-order valence-electron chi connectivity index (χ0n) is 16.2. The van der Waals surface area contributed by atoms with Crippen molar-refractivity contribution >= 4 is 17.5 Å². The van der Waals surface area contributed by atoms with Crippen molar-refractivity contribution in [2.24, 2.45) is 0 Å². The first-order chi connectivity index (χ1) is 12.5. The first-order valence-corrected chi connectivity index (χ1v) is 10.4. The summed E-state index contributed by atoms with van der Waals surface area (Å²) in [4.78, 5) is 16.5. The largest absolute Gasteiger partial charge is 0.496 e. The normalized spacial score (nSPS) is 15.2. The lowest BCUT2D eigenvalue weighted by Gasteiger charge is -2.26. The van der Waals surface area contributed by atoms with E-state index in [1.807, 2.05) is 18.2 Å². The topological polar surface area (TPSA) is 44.1 Å². The highest BCUT2D eigenvalue weighted by molar-refractivity contribution is 7.98. The van der Waals surface area contributed by atoms with Crippen molar-refractivity contribution in [3.63, 3.8) is 0 Å². The zero-order valence-corrected chi connectivity index (χ0v) is 17.0. The van der Waals surface area contributed by atoms with E-state index in [9.17, 15) is 4.79 Å². The molecule has 0 amide bonds. The second-order valence-corrected chi connectivity index (χ2v) is 8.04. The Balaban J connectivity index is 1.85. The minimum Gasteiger partial charge on any atom is -0.496 e. The summed E-state index contributed by atoms with van der Waals surface area (Å²) in [5.74, 6) is 1.65.